The molecule has 1 aromatic rings. The average molecular weight is 256 g/mol. The Kier molecular flexibility index (Phi) is 5.44. The first-order valence-electron chi connectivity index (χ1n) is 6.09. The first kappa shape index (κ1) is 14.5. The molecule has 0 heterocycles. The van der Waals surface area contributed by atoms with E-state index in [4.69, 9.17) is 0 Å². The Hall–Kier alpha value is -0.570. The van der Waals surface area contributed by atoms with Crippen molar-refractivity contribution in [2.75, 3.05) is 20.6 Å². The molecule has 1 aromatic carbocycles. The summed E-state index contributed by atoms with van der Waals surface area (Å²) in [7, 11) is 4.17. The van der Waals surface area contributed by atoms with Crippen LogP contribution in [0.5, 0.6) is 0 Å². The quantitative estimate of drug-likeness (QED) is 0.898. The van der Waals surface area contributed by atoms with E-state index in [1.165, 1.54) is 5.56 Å². The average Bonchev–Trinajstić information content (AvgIpc) is 2.28. The summed E-state index contributed by atoms with van der Waals surface area (Å²) in [6, 6.07) is 8.30. The van der Waals surface area contributed by atoms with Crippen molar-refractivity contribution in [1.82, 2.24) is 4.90 Å². The summed E-state index contributed by atoms with van der Waals surface area (Å²) in [5.41, 5.74) is 2.48. The molecule has 1 aliphatic carbocycles. The molecule has 0 spiro atoms. The number of hydrogen-bond acceptors (Lipinski definition) is 2. The summed E-state index contributed by atoms with van der Waals surface area (Å²) in [4.78, 5) is 2.19. The molecule has 3 heteroatoms. The van der Waals surface area contributed by atoms with Crippen LogP contribution in [0.4, 0.5) is 0 Å². The molecule has 2 unspecified atom stereocenters. The molecular weight excluding hydrogens is 234 g/mol. The second kappa shape index (κ2) is 6.39. The van der Waals surface area contributed by atoms with Crippen molar-refractivity contribution in [3.8, 4) is 0 Å². The third-order valence-corrected chi connectivity index (χ3v) is 3.55. The van der Waals surface area contributed by atoms with E-state index in [1.807, 2.05) is 6.07 Å². The van der Waals surface area contributed by atoms with Gasteiger partial charge in [-0.2, -0.15) is 0 Å². The maximum atomic E-state index is 10.3. The van der Waals surface area contributed by atoms with Crippen LogP contribution in [0.2, 0.25) is 0 Å². The van der Waals surface area contributed by atoms with Crippen LogP contribution >= 0.6 is 12.4 Å². The minimum Gasteiger partial charge on any atom is -0.388 e. The Balaban J connectivity index is 0.00000144. The molecule has 0 aliphatic heterocycles. The van der Waals surface area contributed by atoms with Crippen molar-refractivity contribution < 1.29 is 5.11 Å². The summed E-state index contributed by atoms with van der Waals surface area (Å²) in [6.45, 7) is 1.06. The highest BCUT2D eigenvalue weighted by Gasteiger charge is 2.27. The van der Waals surface area contributed by atoms with Gasteiger partial charge in [-0.3, -0.25) is 0 Å². The van der Waals surface area contributed by atoms with E-state index in [1.54, 1.807) is 0 Å². The van der Waals surface area contributed by atoms with Crippen LogP contribution in [0.3, 0.4) is 0 Å². The van der Waals surface area contributed by atoms with Crippen molar-refractivity contribution in [1.29, 1.82) is 0 Å². The third-order valence-electron chi connectivity index (χ3n) is 3.55. The number of hydrogen-bond donors (Lipinski definition) is 1. The van der Waals surface area contributed by atoms with Crippen molar-refractivity contribution in [2.45, 2.75) is 25.4 Å². The molecule has 0 aromatic heterocycles. The fourth-order valence-corrected chi connectivity index (χ4v) is 2.53. The molecule has 0 radical (unpaired) electrons. The number of aryl methyl sites for hydroxylation is 1. The number of benzene rings is 1. The van der Waals surface area contributed by atoms with Gasteiger partial charge in [-0.05, 0) is 56.9 Å². The summed E-state index contributed by atoms with van der Waals surface area (Å²) in [5.74, 6) is 0.428. The highest BCUT2D eigenvalue weighted by atomic mass is 35.5. The van der Waals surface area contributed by atoms with E-state index >= 15 is 0 Å². The van der Waals surface area contributed by atoms with Crippen LogP contribution in [0, 0.1) is 5.92 Å². The maximum Gasteiger partial charge on any atom is 0.0821 e. The lowest BCUT2D eigenvalue weighted by atomic mass is 9.80. The molecule has 0 saturated heterocycles. The smallest absolute Gasteiger partial charge is 0.0821 e. The zero-order valence-electron chi connectivity index (χ0n) is 10.6. The van der Waals surface area contributed by atoms with Gasteiger partial charge in [-0.15, -0.1) is 12.4 Å². The van der Waals surface area contributed by atoms with Gasteiger partial charge in [0.25, 0.3) is 0 Å². The lowest BCUT2D eigenvalue weighted by molar-refractivity contribution is 0.0839. The van der Waals surface area contributed by atoms with E-state index < -0.39 is 0 Å². The van der Waals surface area contributed by atoms with Gasteiger partial charge < -0.3 is 10.0 Å². The van der Waals surface area contributed by atoms with Crippen molar-refractivity contribution >= 4 is 12.4 Å². The second-order valence-electron chi connectivity index (χ2n) is 5.03. The van der Waals surface area contributed by atoms with E-state index in [0.717, 1.165) is 31.4 Å². The highest BCUT2D eigenvalue weighted by molar-refractivity contribution is 5.85. The van der Waals surface area contributed by atoms with Crippen LogP contribution in [-0.4, -0.2) is 30.6 Å². The van der Waals surface area contributed by atoms with Gasteiger partial charge in [0.05, 0.1) is 6.10 Å². The number of rotatable bonds is 3. The fraction of sp³-hybridized carbons (Fsp3) is 0.571. The van der Waals surface area contributed by atoms with Crippen LogP contribution < -0.4 is 0 Å². The van der Waals surface area contributed by atoms with E-state index in [2.05, 4.69) is 37.2 Å². The zero-order chi connectivity index (χ0) is 11.5. The van der Waals surface area contributed by atoms with Gasteiger partial charge in [-0.25, -0.2) is 0 Å². The summed E-state index contributed by atoms with van der Waals surface area (Å²) < 4.78 is 0. The number of aliphatic hydroxyl groups is 1. The predicted molar refractivity (Wildman–Crippen MR) is 73.6 cm³/mol. The zero-order valence-corrected chi connectivity index (χ0v) is 11.4. The van der Waals surface area contributed by atoms with Crippen LogP contribution in [-0.2, 0) is 6.42 Å². The second-order valence-corrected chi connectivity index (χ2v) is 5.03. The molecule has 0 amide bonds. The van der Waals surface area contributed by atoms with Crippen LogP contribution in [0.15, 0.2) is 24.3 Å². The van der Waals surface area contributed by atoms with Gasteiger partial charge in [0.15, 0.2) is 0 Å². The molecule has 2 atom stereocenters. The predicted octanol–water partition coefficient (Wildman–Crippen LogP) is 2.66. The molecule has 1 aliphatic rings. The SMILES string of the molecule is CN(C)CCC1CCc2ccccc2C1O.Cl. The largest absolute Gasteiger partial charge is 0.388 e. The standard InChI is InChI=1S/C14H21NO.ClH/c1-15(2)10-9-12-8-7-11-5-3-4-6-13(11)14(12)16;/h3-6,12,14,16H,7-10H2,1-2H3;1H. The number of fused-ring (bicyclic) bond motifs is 1. The molecule has 0 saturated carbocycles. The van der Waals surface area contributed by atoms with Gasteiger partial charge >= 0.3 is 0 Å². The van der Waals surface area contributed by atoms with Crippen molar-refractivity contribution in [3.63, 3.8) is 0 Å². The fourth-order valence-electron chi connectivity index (χ4n) is 2.53. The van der Waals surface area contributed by atoms with Gasteiger partial charge in [0, 0.05) is 0 Å². The Labute approximate surface area is 110 Å². The van der Waals surface area contributed by atoms with Crippen molar-refractivity contribution in [2.24, 2.45) is 5.92 Å². The third kappa shape index (κ3) is 3.44. The summed E-state index contributed by atoms with van der Waals surface area (Å²) in [6.07, 6.45) is 3.06. The first-order valence-corrected chi connectivity index (χ1v) is 6.09. The molecule has 1 N–H and O–H groups in total. The highest BCUT2D eigenvalue weighted by Crippen LogP contribution is 2.35. The normalized spacial score (nSPS) is 23.1. The molecule has 96 valence electrons. The van der Waals surface area contributed by atoms with Gasteiger partial charge in [0.2, 0.25) is 0 Å². The minimum absolute atomic E-state index is 0. The lowest BCUT2D eigenvalue weighted by Gasteiger charge is -2.30. The minimum atomic E-state index is -0.259. The monoisotopic (exact) mass is 255 g/mol. The van der Waals surface area contributed by atoms with E-state index in [-0.39, 0.29) is 18.5 Å². The number of aliphatic hydroxyl groups excluding tert-OH is 1. The van der Waals surface area contributed by atoms with Crippen LogP contribution in [0.25, 0.3) is 0 Å². The molecule has 17 heavy (non-hydrogen) atoms. The molecule has 2 rings (SSSR count). The molecule has 2 nitrogen and oxygen atoms in total. The number of nitrogens with zero attached hydrogens (tertiary/aromatic N) is 1. The first-order chi connectivity index (χ1) is 7.68. The molecule has 0 fully saturated rings. The molecular formula is C14H22ClNO. The Bertz CT molecular complexity index is 354. The van der Waals surface area contributed by atoms with E-state index in [9.17, 15) is 5.11 Å². The topological polar surface area (TPSA) is 23.5 Å². The maximum absolute atomic E-state index is 10.3. The number of halogens is 1. The lowest BCUT2D eigenvalue weighted by Crippen LogP contribution is -2.24. The van der Waals surface area contributed by atoms with Crippen molar-refractivity contribution in [3.05, 3.63) is 35.4 Å². The summed E-state index contributed by atoms with van der Waals surface area (Å²) in [5, 5.41) is 10.3. The Morgan fingerprint density at radius 3 is 2.71 bits per heavy atom. The Morgan fingerprint density at radius 1 is 1.29 bits per heavy atom. The van der Waals surface area contributed by atoms with Gasteiger partial charge in [-0.1, -0.05) is 24.3 Å². The van der Waals surface area contributed by atoms with E-state index in [0.29, 0.717) is 5.92 Å². The molecule has 0 bridgehead atoms. The van der Waals surface area contributed by atoms with Gasteiger partial charge in [0.1, 0.15) is 0 Å². The summed E-state index contributed by atoms with van der Waals surface area (Å²) >= 11 is 0. The van der Waals surface area contributed by atoms with Crippen LogP contribution in [0.1, 0.15) is 30.1 Å². The Morgan fingerprint density at radius 2 is 2.00 bits per heavy atom.